The number of hydrogen-bond acceptors (Lipinski definition) is 2. The van der Waals surface area contributed by atoms with Gasteiger partial charge in [-0.3, -0.25) is 0 Å². The molecule has 0 radical (unpaired) electrons. The molecule has 1 aliphatic heterocycles. The van der Waals surface area contributed by atoms with Gasteiger partial charge < -0.3 is 9.47 Å². The van der Waals surface area contributed by atoms with Crippen molar-refractivity contribution in [2.45, 2.75) is 51.7 Å². The summed E-state index contributed by atoms with van der Waals surface area (Å²) in [4.78, 5) is 0. The monoisotopic (exact) mass is 172 g/mol. The smallest absolute Gasteiger partial charge is 0.0813 e. The number of ether oxygens (including phenoxy) is 2. The minimum Gasteiger partial charge on any atom is -0.376 e. The third kappa shape index (κ3) is 3.11. The molecule has 72 valence electrons. The summed E-state index contributed by atoms with van der Waals surface area (Å²) in [5, 5.41) is 0. The summed E-state index contributed by atoms with van der Waals surface area (Å²) in [5.74, 6) is 0. The third-order valence-electron chi connectivity index (χ3n) is 2.33. The van der Waals surface area contributed by atoms with Crippen molar-refractivity contribution in [3.8, 4) is 0 Å². The molecule has 0 aromatic heterocycles. The van der Waals surface area contributed by atoms with Crippen molar-refractivity contribution >= 4 is 0 Å². The fourth-order valence-corrected chi connectivity index (χ4v) is 1.48. The van der Waals surface area contributed by atoms with E-state index in [-0.39, 0.29) is 0 Å². The average molecular weight is 172 g/mol. The van der Waals surface area contributed by atoms with Crippen LogP contribution in [0.5, 0.6) is 0 Å². The van der Waals surface area contributed by atoms with Gasteiger partial charge in [-0.1, -0.05) is 26.7 Å². The summed E-state index contributed by atoms with van der Waals surface area (Å²) in [7, 11) is 0. The van der Waals surface area contributed by atoms with Gasteiger partial charge in [-0.25, -0.2) is 0 Å². The molecule has 0 N–H and O–H groups in total. The first-order chi connectivity index (χ1) is 5.86. The number of unbranched alkanes of at least 4 members (excludes halogenated alkanes) is 1. The lowest BCUT2D eigenvalue weighted by molar-refractivity contribution is -0.140. The lowest BCUT2D eigenvalue weighted by atomic mass is 10.1. The lowest BCUT2D eigenvalue weighted by Gasteiger charge is -2.29. The van der Waals surface area contributed by atoms with Crippen molar-refractivity contribution < 1.29 is 9.47 Å². The zero-order valence-corrected chi connectivity index (χ0v) is 8.21. The molecule has 2 unspecified atom stereocenters. The Bertz CT molecular complexity index is 114. The van der Waals surface area contributed by atoms with E-state index in [9.17, 15) is 0 Å². The minimum absolute atomic E-state index is 0.348. The molecule has 0 spiro atoms. The van der Waals surface area contributed by atoms with Crippen LogP contribution in [0.3, 0.4) is 0 Å². The van der Waals surface area contributed by atoms with Crippen LogP contribution < -0.4 is 0 Å². The van der Waals surface area contributed by atoms with Crippen LogP contribution in [0.1, 0.15) is 39.5 Å². The first-order valence-electron chi connectivity index (χ1n) is 5.10. The normalized spacial score (nSPS) is 30.5. The van der Waals surface area contributed by atoms with Gasteiger partial charge in [-0.15, -0.1) is 0 Å². The molecule has 0 aromatic rings. The molecule has 0 amide bonds. The molecule has 0 aromatic carbocycles. The number of hydrogen-bond donors (Lipinski definition) is 0. The molecule has 1 saturated heterocycles. The minimum atomic E-state index is 0.348. The molecule has 2 nitrogen and oxygen atoms in total. The maximum Gasteiger partial charge on any atom is 0.0813 e. The Kier molecular flexibility index (Phi) is 4.62. The number of rotatable bonds is 4. The zero-order valence-electron chi connectivity index (χ0n) is 8.21. The van der Waals surface area contributed by atoms with Crippen LogP contribution in [0.25, 0.3) is 0 Å². The van der Waals surface area contributed by atoms with Crippen molar-refractivity contribution in [3.63, 3.8) is 0 Å². The van der Waals surface area contributed by atoms with E-state index in [4.69, 9.17) is 9.47 Å². The summed E-state index contributed by atoms with van der Waals surface area (Å²) >= 11 is 0. The molecule has 1 heterocycles. The highest BCUT2D eigenvalue weighted by molar-refractivity contribution is 4.67. The van der Waals surface area contributed by atoms with Gasteiger partial charge in [0.15, 0.2) is 0 Å². The van der Waals surface area contributed by atoms with E-state index >= 15 is 0 Å². The maximum atomic E-state index is 5.81. The molecule has 2 heteroatoms. The van der Waals surface area contributed by atoms with Gasteiger partial charge in [0.2, 0.25) is 0 Å². The molecule has 1 aliphatic rings. The summed E-state index contributed by atoms with van der Waals surface area (Å²) in [5.41, 5.74) is 0. The van der Waals surface area contributed by atoms with E-state index in [2.05, 4.69) is 13.8 Å². The summed E-state index contributed by atoms with van der Waals surface area (Å²) in [6.07, 6.45) is 5.45. The van der Waals surface area contributed by atoms with E-state index in [1.165, 1.54) is 12.8 Å². The van der Waals surface area contributed by atoms with E-state index in [1.54, 1.807) is 0 Å². The van der Waals surface area contributed by atoms with Gasteiger partial charge in [0.1, 0.15) is 0 Å². The van der Waals surface area contributed by atoms with Crippen LogP contribution in [0.4, 0.5) is 0 Å². The Morgan fingerprint density at radius 1 is 1.17 bits per heavy atom. The van der Waals surface area contributed by atoms with Crippen LogP contribution in [-0.2, 0) is 9.47 Å². The Balaban J connectivity index is 2.16. The van der Waals surface area contributed by atoms with E-state index in [1.807, 2.05) is 0 Å². The van der Waals surface area contributed by atoms with Crippen molar-refractivity contribution in [2.75, 3.05) is 13.2 Å². The van der Waals surface area contributed by atoms with Crippen LogP contribution in [0.15, 0.2) is 0 Å². The third-order valence-corrected chi connectivity index (χ3v) is 2.33. The average Bonchev–Trinajstić information content (AvgIpc) is 2.15. The van der Waals surface area contributed by atoms with E-state index in [0.717, 1.165) is 26.1 Å². The highest BCUT2D eigenvalue weighted by Gasteiger charge is 2.20. The van der Waals surface area contributed by atoms with Crippen molar-refractivity contribution in [2.24, 2.45) is 0 Å². The zero-order chi connectivity index (χ0) is 8.81. The van der Waals surface area contributed by atoms with E-state index < -0.39 is 0 Å². The molecular formula is C10H20O2. The second-order valence-electron chi connectivity index (χ2n) is 3.47. The Morgan fingerprint density at radius 2 is 1.92 bits per heavy atom. The van der Waals surface area contributed by atoms with Crippen LogP contribution in [-0.4, -0.2) is 25.4 Å². The highest BCUT2D eigenvalue weighted by atomic mass is 16.6. The molecule has 1 rings (SSSR count). The fourth-order valence-electron chi connectivity index (χ4n) is 1.48. The van der Waals surface area contributed by atoms with Crippen molar-refractivity contribution in [1.82, 2.24) is 0 Å². The standard InChI is InChI=1S/C10H20O2/c1-3-5-6-10-8-11-7-9(4-2)12-10/h9-10H,3-8H2,1-2H3. The van der Waals surface area contributed by atoms with Crippen LogP contribution in [0.2, 0.25) is 0 Å². The Morgan fingerprint density at radius 3 is 2.58 bits per heavy atom. The molecule has 0 aliphatic carbocycles. The topological polar surface area (TPSA) is 18.5 Å². The molecule has 0 saturated carbocycles. The molecule has 0 bridgehead atoms. The predicted octanol–water partition coefficient (Wildman–Crippen LogP) is 2.37. The summed E-state index contributed by atoms with van der Waals surface area (Å²) in [6.45, 7) is 5.95. The van der Waals surface area contributed by atoms with Crippen molar-refractivity contribution in [1.29, 1.82) is 0 Å². The van der Waals surface area contributed by atoms with Gasteiger partial charge in [0, 0.05) is 0 Å². The Hall–Kier alpha value is -0.0800. The van der Waals surface area contributed by atoms with Gasteiger partial charge in [-0.05, 0) is 12.8 Å². The Labute approximate surface area is 75.2 Å². The highest BCUT2D eigenvalue weighted by Crippen LogP contribution is 2.15. The van der Waals surface area contributed by atoms with Gasteiger partial charge in [-0.2, -0.15) is 0 Å². The lowest BCUT2D eigenvalue weighted by Crippen LogP contribution is -2.35. The van der Waals surface area contributed by atoms with E-state index in [0.29, 0.717) is 12.2 Å². The van der Waals surface area contributed by atoms with Gasteiger partial charge in [0.25, 0.3) is 0 Å². The van der Waals surface area contributed by atoms with Crippen molar-refractivity contribution in [3.05, 3.63) is 0 Å². The van der Waals surface area contributed by atoms with Gasteiger partial charge >= 0.3 is 0 Å². The molecule has 2 atom stereocenters. The summed E-state index contributed by atoms with van der Waals surface area (Å²) in [6, 6.07) is 0. The molecule has 1 fully saturated rings. The first kappa shape index (κ1) is 10.0. The van der Waals surface area contributed by atoms with Gasteiger partial charge in [0.05, 0.1) is 25.4 Å². The molecule has 12 heavy (non-hydrogen) atoms. The summed E-state index contributed by atoms with van der Waals surface area (Å²) < 4.78 is 11.3. The van der Waals surface area contributed by atoms with Crippen LogP contribution >= 0.6 is 0 Å². The second-order valence-corrected chi connectivity index (χ2v) is 3.47. The SMILES string of the molecule is CCCCC1COCC(CC)O1. The maximum absolute atomic E-state index is 5.81. The largest absolute Gasteiger partial charge is 0.376 e. The quantitative estimate of drug-likeness (QED) is 0.648. The predicted molar refractivity (Wildman–Crippen MR) is 49.3 cm³/mol. The molecular weight excluding hydrogens is 152 g/mol. The first-order valence-corrected chi connectivity index (χ1v) is 5.10. The second kappa shape index (κ2) is 5.55. The van der Waals surface area contributed by atoms with Crippen LogP contribution in [0, 0.1) is 0 Å². The fraction of sp³-hybridized carbons (Fsp3) is 1.00.